The van der Waals surface area contributed by atoms with Crippen molar-refractivity contribution < 1.29 is 31.4 Å². The molecule has 102 valence electrons. The molecule has 0 amide bonds. The summed E-state index contributed by atoms with van der Waals surface area (Å²) < 4.78 is 69.8. The molecule has 0 fully saturated rings. The van der Waals surface area contributed by atoms with Gasteiger partial charge < -0.3 is 9.47 Å². The molecule has 0 N–H and O–H groups in total. The fraction of sp³-hybridized carbons (Fsp3) is 0.444. The maximum absolute atomic E-state index is 12.6. The van der Waals surface area contributed by atoms with Crippen molar-refractivity contribution in [3.8, 4) is 11.5 Å². The molecule has 0 unspecified atom stereocenters. The molecule has 1 aromatic rings. The van der Waals surface area contributed by atoms with Gasteiger partial charge in [0.2, 0.25) is 0 Å². The molecule has 1 heterocycles. The van der Waals surface area contributed by atoms with Gasteiger partial charge in [0.1, 0.15) is 11.4 Å². The Labute approximate surface area is 103 Å². The zero-order valence-corrected chi connectivity index (χ0v) is 9.65. The molecular formula is C9H7ClF5NO2. The number of hydrogen-bond acceptors (Lipinski definition) is 3. The van der Waals surface area contributed by atoms with Gasteiger partial charge in [0.25, 0.3) is 6.43 Å². The third-order valence-corrected chi connectivity index (χ3v) is 2.17. The monoisotopic (exact) mass is 291 g/mol. The molecule has 0 radical (unpaired) electrons. The van der Waals surface area contributed by atoms with Crippen molar-refractivity contribution in [2.45, 2.75) is 18.7 Å². The van der Waals surface area contributed by atoms with Crippen LogP contribution in [0.25, 0.3) is 0 Å². The Morgan fingerprint density at radius 2 is 2.00 bits per heavy atom. The average Bonchev–Trinajstić information content (AvgIpc) is 2.25. The number of pyridine rings is 1. The SMILES string of the molecule is COc1cnc(C(F)F)c(OC(F)(F)F)c1CCl. The van der Waals surface area contributed by atoms with E-state index in [1.807, 2.05) is 0 Å². The number of aromatic nitrogens is 1. The molecule has 0 atom stereocenters. The normalized spacial score (nSPS) is 11.8. The molecule has 0 saturated heterocycles. The summed E-state index contributed by atoms with van der Waals surface area (Å²) in [4.78, 5) is 3.18. The van der Waals surface area contributed by atoms with Crippen molar-refractivity contribution in [3.63, 3.8) is 0 Å². The van der Waals surface area contributed by atoms with E-state index in [9.17, 15) is 22.0 Å². The number of rotatable bonds is 4. The van der Waals surface area contributed by atoms with Crippen LogP contribution in [0.15, 0.2) is 6.20 Å². The highest BCUT2D eigenvalue weighted by atomic mass is 35.5. The number of alkyl halides is 6. The predicted octanol–water partition coefficient (Wildman–Crippen LogP) is 3.67. The van der Waals surface area contributed by atoms with Crippen molar-refractivity contribution >= 4 is 11.6 Å². The minimum atomic E-state index is -5.13. The second-order valence-electron chi connectivity index (χ2n) is 3.00. The van der Waals surface area contributed by atoms with Gasteiger partial charge in [-0.3, -0.25) is 0 Å². The number of halogens is 6. The predicted molar refractivity (Wildman–Crippen MR) is 52.0 cm³/mol. The first kappa shape index (κ1) is 14.7. The fourth-order valence-corrected chi connectivity index (χ4v) is 1.47. The fourth-order valence-electron chi connectivity index (χ4n) is 1.22. The molecule has 0 spiro atoms. The van der Waals surface area contributed by atoms with Crippen molar-refractivity contribution in [1.82, 2.24) is 4.98 Å². The summed E-state index contributed by atoms with van der Waals surface area (Å²) in [5.41, 5.74) is -1.47. The van der Waals surface area contributed by atoms with E-state index in [1.54, 1.807) is 0 Å². The molecule has 9 heteroatoms. The molecule has 1 rings (SSSR count). The van der Waals surface area contributed by atoms with Crippen LogP contribution in [0, 0.1) is 0 Å². The van der Waals surface area contributed by atoms with Gasteiger partial charge >= 0.3 is 6.36 Å². The van der Waals surface area contributed by atoms with Crippen LogP contribution in [0.3, 0.4) is 0 Å². The lowest BCUT2D eigenvalue weighted by molar-refractivity contribution is -0.275. The summed E-state index contributed by atoms with van der Waals surface area (Å²) in [6, 6.07) is 0. The molecular weight excluding hydrogens is 285 g/mol. The highest BCUT2D eigenvalue weighted by Crippen LogP contribution is 2.39. The van der Waals surface area contributed by atoms with Crippen LogP contribution in [0.2, 0.25) is 0 Å². The van der Waals surface area contributed by atoms with Gasteiger partial charge in [0.15, 0.2) is 5.75 Å². The third kappa shape index (κ3) is 3.34. The Bertz CT molecular complexity index is 424. The maximum Gasteiger partial charge on any atom is 0.573 e. The van der Waals surface area contributed by atoms with Crippen LogP contribution in [0.4, 0.5) is 22.0 Å². The quantitative estimate of drug-likeness (QED) is 0.626. The summed E-state index contributed by atoms with van der Waals surface area (Å²) in [7, 11) is 1.15. The Morgan fingerprint density at radius 3 is 2.39 bits per heavy atom. The lowest BCUT2D eigenvalue weighted by atomic mass is 10.2. The van der Waals surface area contributed by atoms with E-state index in [1.165, 1.54) is 0 Å². The summed E-state index contributed by atoms with van der Waals surface area (Å²) in [5.74, 6) is -1.77. The van der Waals surface area contributed by atoms with Crippen LogP contribution in [-0.2, 0) is 5.88 Å². The van der Waals surface area contributed by atoms with Gasteiger partial charge in [-0.2, -0.15) is 0 Å². The number of ether oxygens (including phenoxy) is 2. The third-order valence-electron chi connectivity index (χ3n) is 1.90. The largest absolute Gasteiger partial charge is 0.573 e. The topological polar surface area (TPSA) is 31.4 Å². The van der Waals surface area contributed by atoms with Gasteiger partial charge in [-0.1, -0.05) is 0 Å². The molecule has 18 heavy (non-hydrogen) atoms. The van der Waals surface area contributed by atoms with E-state index in [0.29, 0.717) is 0 Å². The summed E-state index contributed by atoms with van der Waals surface area (Å²) in [6.07, 6.45) is -7.49. The number of hydrogen-bond donors (Lipinski definition) is 0. The second-order valence-corrected chi connectivity index (χ2v) is 3.27. The minimum Gasteiger partial charge on any atom is -0.495 e. The second kappa shape index (κ2) is 5.55. The Balaban J connectivity index is 3.38. The molecule has 0 saturated carbocycles. The standard InChI is InChI=1S/C9H7ClF5NO2/c1-17-5-3-16-6(8(11)12)7(4(5)2-10)18-9(13,14)15/h3,8H,2H2,1H3. The van der Waals surface area contributed by atoms with Gasteiger partial charge in [0.05, 0.1) is 24.8 Å². The molecule has 3 nitrogen and oxygen atoms in total. The number of nitrogens with zero attached hydrogens (tertiary/aromatic N) is 1. The van der Waals surface area contributed by atoms with E-state index < -0.39 is 30.1 Å². The van der Waals surface area contributed by atoms with Crippen LogP contribution >= 0.6 is 11.6 Å². The van der Waals surface area contributed by atoms with E-state index in [0.717, 1.165) is 13.3 Å². The van der Waals surface area contributed by atoms with Crippen LogP contribution in [-0.4, -0.2) is 18.5 Å². The van der Waals surface area contributed by atoms with E-state index in [4.69, 9.17) is 11.6 Å². The van der Waals surface area contributed by atoms with E-state index in [2.05, 4.69) is 14.5 Å². The van der Waals surface area contributed by atoms with E-state index >= 15 is 0 Å². The lowest BCUT2D eigenvalue weighted by Crippen LogP contribution is -2.20. The minimum absolute atomic E-state index is 0.159. The van der Waals surface area contributed by atoms with Crippen molar-refractivity contribution in [1.29, 1.82) is 0 Å². The zero-order valence-electron chi connectivity index (χ0n) is 8.89. The van der Waals surface area contributed by atoms with E-state index in [-0.39, 0.29) is 11.3 Å². The molecule has 0 aliphatic heterocycles. The highest BCUT2D eigenvalue weighted by Gasteiger charge is 2.36. The van der Waals surface area contributed by atoms with Crippen LogP contribution in [0.1, 0.15) is 17.7 Å². The van der Waals surface area contributed by atoms with Gasteiger partial charge in [-0.05, 0) is 0 Å². The average molecular weight is 292 g/mol. The molecule has 0 aliphatic carbocycles. The highest BCUT2D eigenvalue weighted by molar-refractivity contribution is 6.17. The molecule has 1 aromatic heterocycles. The van der Waals surface area contributed by atoms with Gasteiger partial charge in [-0.25, -0.2) is 13.8 Å². The summed E-state index contributed by atoms with van der Waals surface area (Å²) in [6.45, 7) is 0. The van der Waals surface area contributed by atoms with Crippen molar-refractivity contribution in [2.24, 2.45) is 0 Å². The number of methoxy groups -OCH3 is 1. The molecule has 0 bridgehead atoms. The Hall–Kier alpha value is -1.31. The van der Waals surface area contributed by atoms with Crippen molar-refractivity contribution in [2.75, 3.05) is 7.11 Å². The summed E-state index contributed by atoms with van der Waals surface area (Å²) >= 11 is 5.42. The first-order chi connectivity index (χ1) is 8.30. The lowest BCUT2D eigenvalue weighted by Gasteiger charge is -2.17. The smallest absolute Gasteiger partial charge is 0.495 e. The first-order valence-electron chi connectivity index (χ1n) is 4.45. The van der Waals surface area contributed by atoms with Gasteiger partial charge in [0, 0.05) is 0 Å². The van der Waals surface area contributed by atoms with Crippen LogP contribution in [0.5, 0.6) is 11.5 Å². The summed E-state index contributed by atoms with van der Waals surface area (Å²) in [5, 5.41) is 0. The van der Waals surface area contributed by atoms with Crippen LogP contribution < -0.4 is 9.47 Å². The first-order valence-corrected chi connectivity index (χ1v) is 4.99. The maximum atomic E-state index is 12.6. The van der Waals surface area contributed by atoms with Crippen molar-refractivity contribution in [3.05, 3.63) is 17.5 Å². The zero-order chi connectivity index (χ0) is 13.9. The molecule has 0 aliphatic rings. The Morgan fingerprint density at radius 1 is 1.39 bits per heavy atom. The molecule has 0 aromatic carbocycles. The van der Waals surface area contributed by atoms with Gasteiger partial charge in [-0.15, -0.1) is 24.8 Å². The Kier molecular flexibility index (Phi) is 4.55.